The van der Waals surface area contributed by atoms with Crippen LogP contribution in [0, 0.1) is 0 Å². The number of benzene rings is 1. The SMILES string of the molecule is CC[C@H](NC(=O)N(CC)Cc1ccccc1)C(=O)O. The van der Waals surface area contributed by atoms with Gasteiger partial charge in [0.1, 0.15) is 6.04 Å². The Morgan fingerprint density at radius 2 is 1.89 bits per heavy atom. The van der Waals surface area contributed by atoms with Crippen LogP contribution in [-0.2, 0) is 11.3 Å². The second-order valence-electron chi connectivity index (χ2n) is 4.25. The summed E-state index contributed by atoms with van der Waals surface area (Å²) in [5, 5.41) is 11.5. The van der Waals surface area contributed by atoms with Crippen molar-refractivity contribution in [3.8, 4) is 0 Å². The summed E-state index contributed by atoms with van der Waals surface area (Å²) in [6.45, 7) is 4.59. The minimum Gasteiger partial charge on any atom is -0.480 e. The van der Waals surface area contributed by atoms with Crippen LogP contribution in [0.25, 0.3) is 0 Å². The van der Waals surface area contributed by atoms with Crippen LogP contribution in [0.3, 0.4) is 0 Å². The molecule has 0 aliphatic rings. The molecule has 5 nitrogen and oxygen atoms in total. The average molecular weight is 264 g/mol. The van der Waals surface area contributed by atoms with Gasteiger partial charge in [0.15, 0.2) is 0 Å². The molecule has 0 spiro atoms. The van der Waals surface area contributed by atoms with Gasteiger partial charge < -0.3 is 15.3 Å². The molecule has 1 atom stereocenters. The van der Waals surface area contributed by atoms with Crippen molar-refractivity contribution in [3.63, 3.8) is 0 Å². The quantitative estimate of drug-likeness (QED) is 0.826. The first-order valence-corrected chi connectivity index (χ1v) is 6.40. The number of carboxylic acids is 1. The third-order valence-corrected chi connectivity index (χ3v) is 2.89. The smallest absolute Gasteiger partial charge is 0.326 e. The standard InChI is InChI=1S/C14H20N2O3/c1-3-12(13(17)18)15-14(19)16(4-2)10-11-8-6-5-7-9-11/h5-9,12H,3-4,10H2,1-2H3,(H,15,19)(H,17,18)/t12-/m0/s1. The Morgan fingerprint density at radius 1 is 1.26 bits per heavy atom. The molecule has 0 aliphatic heterocycles. The van der Waals surface area contributed by atoms with Gasteiger partial charge in [-0.2, -0.15) is 0 Å². The number of nitrogens with one attached hydrogen (secondary N) is 1. The first-order valence-electron chi connectivity index (χ1n) is 6.40. The number of hydrogen-bond acceptors (Lipinski definition) is 2. The zero-order valence-electron chi connectivity index (χ0n) is 11.3. The molecule has 0 radical (unpaired) electrons. The number of hydrogen-bond donors (Lipinski definition) is 2. The molecule has 0 saturated carbocycles. The number of rotatable bonds is 6. The van der Waals surface area contributed by atoms with Crippen molar-refractivity contribution in [1.29, 1.82) is 0 Å². The van der Waals surface area contributed by atoms with Gasteiger partial charge in [0.2, 0.25) is 0 Å². The Labute approximate surface area is 113 Å². The van der Waals surface area contributed by atoms with Gasteiger partial charge in [-0.05, 0) is 18.9 Å². The van der Waals surface area contributed by atoms with Crippen LogP contribution in [0.4, 0.5) is 4.79 Å². The van der Waals surface area contributed by atoms with E-state index in [0.29, 0.717) is 19.5 Å². The molecule has 19 heavy (non-hydrogen) atoms. The van der Waals surface area contributed by atoms with Gasteiger partial charge >= 0.3 is 12.0 Å². The highest BCUT2D eigenvalue weighted by Crippen LogP contribution is 2.05. The Hall–Kier alpha value is -2.04. The molecule has 0 bridgehead atoms. The van der Waals surface area contributed by atoms with Crippen molar-refractivity contribution in [2.24, 2.45) is 0 Å². The first-order chi connectivity index (χ1) is 9.08. The van der Waals surface area contributed by atoms with Crippen molar-refractivity contribution >= 4 is 12.0 Å². The van der Waals surface area contributed by atoms with E-state index in [4.69, 9.17) is 5.11 Å². The Balaban J connectivity index is 2.64. The molecule has 0 saturated heterocycles. The fraction of sp³-hybridized carbons (Fsp3) is 0.429. The minimum absolute atomic E-state index is 0.347. The number of carboxylic acid groups (broad SMARTS) is 1. The number of nitrogens with zero attached hydrogens (tertiary/aromatic N) is 1. The van der Waals surface area contributed by atoms with E-state index < -0.39 is 12.0 Å². The molecule has 0 fully saturated rings. The van der Waals surface area contributed by atoms with Crippen LogP contribution in [0.15, 0.2) is 30.3 Å². The van der Waals surface area contributed by atoms with Gasteiger partial charge in [0, 0.05) is 13.1 Å². The van der Waals surface area contributed by atoms with Gasteiger partial charge in [0.25, 0.3) is 0 Å². The Morgan fingerprint density at radius 3 is 2.37 bits per heavy atom. The highest BCUT2D eigenvalue weighted by molar-refractivity contribution is 5.82. The molecule has 0 aliphatic carbocycles. The van der Waals surface area contributed by atoms with Gasteiger partial charge in [-0.1, -0.05) is 37.3 Å². The maximum absolute atomic E-state index is 12.0. The number of aliphatic carboxylic acids is 1. The molecule has 1 rings (SSSR count). The molecule has 104 valence electrons. The number of carbonyl (C=O) groups is 2. The number of urea groups is 1. The van der Waals surface area contributed by atoms with Crippen molar-refractivity contribution in [2.75, 3.05) is 6.54 Å². The average Bonchev–Trinajstić information content (AvgIpc) is 2.42. The minimum atomic E-state index is -1.01. The number of carbonyl (C=O) groups excluding carboxylic acids is 1. The largest absolute Gasteiger partial charge is 0.480 e. The summed E-state index contributed by atoms with van der Waals surface area (Å²) in [6, 6.07) is 8.42. The Kier molecular flexibility index (Phi) is 5.85. The van der Waals surface area contributed by atoms with Gasteiger partial charge in [0.05, 0.1) is 0 Å². The molecule has 2 amide bonds. The van der Waals surface area contributed by atoms with Crippen molar-refractivity contribution < 1.29 is 14.7 Å². The summed E-state index contributed by atoms with van der Waals surface area (Å²) >= 11 is 0. The lowest BCUT2D eigenvalue weighted by molar-refractivity contribution is -0.139. The molecule has 0 aromatic heterocycles. The maximum Gasteiger partial charge on any atom is 0.326 e. The summed E-state index contributed by atoms with van der Waals surface area (Å²) in [4.78, 5) is 24.5. The topological polar surface area (TPSA) is 69.6 Å². The van der Waals surface area contributed by atoms with E-state index in [2.05, 4.69) is 5.32 Å². The zero-order chi connectivity index (χ0) is 14.3. The van der Waals surface area contributed by atoms with Crippen LogP contribution in [0.1, 0.15) is 25.8 Å². The fourth-order valence-corrected chi connectivity index (χ4v) is 1.71. The summed E-state index contributed by atoms with van der Waals surface area (Å²) in [6.07, 6.45) is 0.365. The van der Waals surface area contributed by atoms with E-state index in [-0.39, 0.29) is 6.03 Å². The van der Waals surface area contributed by atoms with Crippen LogP contribution in [0.2, 0.25) is 0 Å². The van der Waals surface area contributed by atoms with Crippen LogP contribution in [-0.4, -0.2) is 34.6 Å². The van der Waals surface area contributed by atoms with Crippen LogP contribution >= 0.6 is 0 Å². The highest BCUT2D eigenvalue weighted by atomic mass is 16.4. The maximum atomic E-state index is 12.0. The van der Waals surface area contributed by atoms with Crippen LogP contribution < -0.4 is 5.32 Å². The molecule has 5 heteroatoms. The predicted molar refractivity (Wildman–Crippen MR) is 72.8 cm³/mol. The molecule has 0 unspecified atom stereocenters. The van der Waals surface area contributed by atoms with Gasteiger partial charge in [-0.3, -0.25) is 0 Å². The second kappa shape index (κ2) is 7.41. The lowest BCUT2D eigenvalue weighted by atomic mass is 10.2. The lowest BCUT2D eigenvalue weighted by Gasteiger charge is -2.23. The normalized spacial score (nSPS) is 11.7. The van der Waals surface area contributed by atoms with E-state index in [1.807, 2.05) is 37.3 Å². The first kappa shape index (κ1) is 15.0. The summed E-state index contributed by atoms with van der Waals surface area (Å²) in [7, 11) is 0. The summed E-state index contributed by atoms with van der Waals surface area (Å²) in [5.74, 6) is -1.01. The van der Waals surface area contributed by atoms with Crippen molar-refractivity contribution in [3.05, 3.63) is 35.9 Å². The number of amides is 2. The molecule has 0 heterocycles. The van der Waals surface area contributed by atoms with E-state index in [9.17, 15) is 9.59 Å². The van der Waals surface area contributed by atoms with E-state index >= 15 is 0 Å². The summed E-state index contributed by atoms with van der Waals surface area (Å²) in [5.41, 5.74) is 1.02. The Bertz CT molecular complexity index is 420. The van der Waals surface area contributed by atoms with E-state index in [1.165, 1.54) is 0 Å². The zero-order valence-corrected chi connectivity index (χ0v) is 11.3. The van der Waals surface area contributed by atoms with Crippen molar-refractivity contribution in [2.45, 2.75) is 32.9 Å². The van der Waals surface area contributed by atoms with E-state index in [1.54, 1.807) is 11.8 Å². The molecule has 1 aromatic carbocycles. The molecule has 1 aromatic rings. The highest BCUT2D eigenvalue weighted by Gasteiger charge is 2.20. The summed E-state index contributed by atoms with van der Waals surface area (Å²) < 4.78 is 0. The van der Waals surface area contributed by atoms with Crippen molar-refractivity contribution in [1.82, 2.24) is 10.2 Å². The second-order valence-corrected chi connectivity index (χ2v) is 4.25. The monoisotopic (exact) mass is 264 g/mol. The van der Waals surface area contributed by atoms with Gasteiger partial charge in [-0.15, -0.1) is 0 Å². The predicted octanol–water partition coefficient (Wildman–Crippen LogP) is 2.08. The van der Waals surface area contributed by atoms with Crippen LogP contribution in [0.5, 0.6) is 0 Å². The molecular weight excluding hydrogens is 244 g/mol. The lowest BCUT2D eigenvalue weighted by Crippen LogP contribution is -2.47. The fourth-order valence-electron chi connectivity index (χ4n) is 1.71. The molecular formula is C14H20N2O3. The van der Waals surface area contributed by atoms with E-state index in [0.717, 1.165) is 5.56 Å². The third kappa shape index (κ3) is 4.62. The molecule has 2 N–H and O–H groups in total. The third-order valence-electron chi connectivity index (χ3n) is 2.89. The van der Waals surface area contributed by atoms with Gasteiger partial charge in [-0.25, -0.2) is 9.59 Å².